The van der Waals surface area contributed by atoms with Gasteiger partial charge in [0.05, 0.1) is 19.4 Å². The first kappa shape index (κ1) is 21.2. The van der Waals surface area contributed by atoms with Crippen molar-refractivity contribution in [1.29, 1.82) is 0 Å². The molecule has 0 fully saturated rings. The molecule has 0 saturated carbocycles. The van der Waals surface area contributed by atoms with E-state index in [9.17, 15) is 9.59 Å². The monoisotopic (exact) mass is 411 g/mol. The number of fused-ring (bicyclic) bond motifs is 1. The van der Waals surface area contributed by atoms with Crippen LogP contribution in [0.5, 0.6) is 23.0 Å². The predicted molar refractivity (Wildman–Crippen MR) is 114 cm³/mol. The Hall–Kier alpha value is -3.48. The van der Waals surface area contributed by atoms with Gasteiger partial charge in [0.1, 0.15) is 0 Å². The lowest BCUT2D eigenvalue weighted by Gasteiger charge is -2.11. The van der Waals surface area contributed by atoms with Gasteiger partial charge in [-0.25, -0.2) is 0 Å². The van der Waals surface area contributed by atoms with E-state index in [1.807, 2.05) is 12.1 Å². The molecule has 3 rings (SSSR count). The fraction of sp³-hybridized carbons (Fsp3) is 0.304. The molecule has 0 aromatic heterocycles. The molecule has 1 heterocycles. The summed E-state index contributed by atoms with van der Waals surface area (Å²) < 4.78 is 21.7. The highest BCUT2D eigenvalue weighted by Crippen LogP contribution is 2.37. The Morgan fingerprint density at radius 1 is 1.13 bits per heavy atom. The van der Waals surface area contributed by atoms with Crippen molar-refractivity contribution in [3.63, 3.8) is 0 Å². The standard InChI is InChI=1S/C23H25NO6/c1-4-5-10-28-19-8-6-16(11-20(19)27-3)7-9-23(26)24-18-13-22-21(29-14-30-22)12-17(18)15(2)25/h6-9,11-13H,4-5,10,14H2,1-3H3,(H,24,26)/b9-7+. The molecular weight excluding hydrogens is 386 g/mol. The SMILES string of the molecule is CCCCOc1ccc(/C=C/C(=O)Nc2cc3c(cc2C(C)=O)OCO3)cc1OC. The van der Waals surface area contributed by atoms with E-state index >= 15 is 0 Å². The number of benzene rings is 2. The maximum atomic E-state index is 12.4. The minimum Gasteiger partial charge on any atom is -0.493 e. The topological polar surface area (TPSA) is 83.1 Å². The third-order valence-electron chi connectivity index (χ3n) is 4.52. The van der Waals surface area contributed by atoms with Crippen molar-refractivity contribution in [3.8, 4) is 23.0 Å². The Bertz CT molecular complexity index is 966. The molecule has 1 aliphatic heterocycles. The van der Waals surface area contributed by atoms with E-state index in [1.165, 1.54) is 13.0 Å². The number of carbonyl (C=O) groups is 2. The van der Waals surface area contributed by atoms with E-state index in [0.717, 1.165) is 18.4 Å². The number of ketones is 1. The van der Waals surface area contributed by atoms with Crippen LogP contribution in [0.25, 0.3) is 6.08 Å². The molecule has 0 atom stereocenters. The summed E-state index contributed by atoms with van der Waals surface area (Å²) in [6.07, 6.45) is 5.06. The van der Waals surface area contributed by atoms with Gasteiger partial charge in [0.25, 0.3) is 0 Å². The minimum absolute atomic E-state index is 0.0873. The largest absolute Gasteiger partial charge is 0.493 e. The molecule has 7 nitrogen and oxygen atoms in total. The average Bonchev–Trinajstić information content (AvgIpc) is 3.19. The lowest BCUT2D eigenvalue weighted by Crippen LogP contribution is -2.11. The quantitative estimate of drug-likeness (QED) is 0.373. The van der Waals surface area contributed by atoms with Gasteiger partial charge in [-0.05, 0) is 43.2 Å². The van der Waals surface area contributed by atoms with Crippen LogP contribution >= 0.6 is 0 Å². The van der Waals surface area contributed by atoms with Crippen molar-refractivity contribution >= 4 is 23.5 Å². The zero-order chi connectivity index (χ0) is 21.5. The van der Waals surface area contributed by atoms with E-state index in [4.69, 9.17) is 18.9 Å². The summed E-state index contributed by atoms with van der Waals surface area (Å²) in [4.78, 5) is 24.4. The van der Waals surface area contributed by atoms with Crippen LogP contribution in [0.2, 0.25) is 0 Å². The Morgan fingerprint density at radius 2 is 1.90 bits per heavy atom. The number of hydrogen-bond acceptors (Lipinski definition) is 6. The van der Waals surface area contributed by atoms with Gasteiger partial charge in [-0.3, -0.25) is 9.59 Å². The third kappa shape index (κ3) is 5.11. The summed E-state index contributed by atoms with van der Waals surface area (Å²) in [6.45, 7) is 4.24. The van der Waals surface area contributed by atoms with Crippen LogP contribution in [0.1, 0.15) is 42.6 Å². The summed E-state index contributed by atoms with van der Waals surface area (Å²) in [5.41, 5.74) is 1.51. The third-order valence-corrected chi connectivity index (χ3v) is 4.52. The first-order chi connectivity index (χ1) is 14.5. The van der Waals surface area contributed by atoms with Gasteiger partial charge >= 0.3 is 0 Å². The summed E-state index contributed by atoms with van der Waals surface area (Å²) in [6, 6.07) is 8.63. The summed E-state index contributed by atoms with van der Waals surface area (Å²) >= 11 is 0. The first-order valence-electron chi connectivity index (χ1n) is 9.76. The number of anilines is 1. The number of Topliss-reactive ketones (excluding diaryl/α,β-unsaturated/α-hetero) is 1. The summed E-state index contributed by atoms with van der Waals surface area (Å²) in [5, 5.41) is 2.73. The second-order valence-electron chi connectivity index (χ2n) is 6.74. The van der Waals surface area contributed by atoms with Crippen LogP contribution in [0, 0.1) is 0 Å². The molecule has 0 spiro atoms. The Kier molecular flexibility index (Phi) is 6.95. The van der Waals surface area contributed by atoms with E-state index in [1.54, 1.807) is 31.4 Å². The zero-order valence-corrected chi connectivity index (χ0v) is 17.3. The maximum absolute atomic E-state index is 12.4. The van der Waals surface area contributed by atoms with Crippen LogP contribution in [0.4, 0.5) is 5.69 Å². The highest BCUT2D eigenvalue weighted by molar-refractivity contribution is 6.08. The second-order valence-corrected chi connectivity index (χ2v) is 6.74. The molecule has 7 heteroatoms. The zero-order valence-electron chi connectivity index (χ0n) is 17.3. The number of nitrogens with one attached hydrogen (secondary N) is 1. The Morgan fingerprint density at radius 3 is 2.60 bits per heavy atom. The molecule has 1 aliphatic rings. The molecule has 2 aromatic carbocycles. The van der Waals surface area contributed by atoms with Crippen LogP contribution in [-0.2, 0) is 4.79 Å². The van der Waals surface area contributed by atoms with Crippen molar-refractivity contribution in [2.24, 2.45) is 0 Å². The highest BCUT2D eigenvalue weighted by Gasteiger charge is 2.20. The molecule has 2 aromatic rings. The number of unbranched alkanes of at least 4 members (excludes halogenated alkanes) is 1. The van der Waals surface area contributed by atoms with Gasteiger partial charge in [0, 0.05) is 17.7 Å². The molecule has 0 radical (unpaired) electrons. The molecule has 0 saturated heterocycles. The molecule has 1 amide bonds. The molecule has 0 bridgehead atoms. The normalized spacial score (nSPS) is 12.1. The molecule has 1 N–H and O–H groups in total. The summed E-state index contributed by atoms with van der Waals surface area (Å²) in [7, 11) is 1.57. The fourth-order valence-corrected chi connectivity index (χ4v) is 2.92. The van der Waals surface area contributed by atoms with Crippen molar-refractivity contribution in [2.75, 3.05) is 25.8 Å². The van der Waals surface area contributed by atoms with E-state index in [-0.39, 0.29) is 18.5 Å². The minimum atomic E-state index is -0.376. The molecule has 158 valence electrons. The van der Waals surface area contributed by atoms with E-state index in [0.29, 0.717) is 40.9 Å². The number of amides is 1. The van der Waals surface area contributed by atoms with Gasteiger partial charge in [-0.15, -0.1) is 0 Å². The van der Waals surface area contributed by atoms with Crippen LogP contribution < -0.4 is 24.3 Å². The predicted octanol–water partition coefficient (Wildman–Crippen LogP) is 4.46. The first-order valence-corrected chi connectivity index (χ1v) is 9.76. The van der Waals surface area contributed by atoms with E-state index < -0.39 is 0 Å². The molecule has 0 aliphatic carbocycles. The number of methoxy groups -OCH3 is 1. The Labute approximate surface area is 175 Å². The van der Waals surface area contributed by atoms with Gasteiger partial charge in [0.2, 0.25) is 12.7 Å². The van der Waals surface area contributed by atoms with Crippen molar-refractivity contribution in [2.45, 2.75) is 26.7 Å². The van der Waals surface area contributed by atoms with Gasteiger partial charge in [-0.1, -0.05) is 19.4 Å². The Balaban J connectivity index is 1.71. The van der Waals surface area contributed by atoms with Gasteiger partial charge in [-0.2, -0.15) is 0 Å². The van der Waals surface area contributed by atoms with Crippen LogP contribution in [0.15, 0.2) is 36.4 Å². The number of carbonyl (C=O) groups excluding carboxylic acids is 2. The average molecular weight is 411 g/mol. The summed E-state index contributed by atoms with van der Waals surface area (Å²) in [5.74, 6) is 1.68. The van der Waals surface area contributed by atoms with Gasteiger partial charge < -0.3 is 24.3 Å². The van der Waals surface area contributed by atoms with Crippen LogP contribution in [0.3, 0.4) is 0 Å². The second kappa shape index (κ2) is 9.82. The van der Waals surface area contributed by atoms with Crippen molar-refractivity contribution < 1.29 is 28.5 Å². The molecule has 0 unspecified atom stereocenters. The number of rotatable bonds is 9. The van der Waals surface area contributed by atoms with Gasteiger partial charge in [0.15, 0.2) is 28.8 Å². The van der Waals surface area contributed by atoms with Crippen molar-refractivity contribution in [3.05, 3.63) is 47.5 Å². The lowest BCUT2D eigenvalue weighted by molar-refractivity contribution is -0.111. The molecular formula is C23H25NO6. The highest BCUT2D eigenvalue weighted by atomic mass is 16.7. The van der Waals surface area contributed by atoms with Crippen LogP contribution in [-0.4, -0.2) is 32.2 Å². The van der Waals surface area contributed by atoms with Crippen molar-refractivity contribution in [1.82, 2.24) is 0 Å². The van der Waals surface area contributed by atoms with E-state index in [2.05, 4.69) is 12.2 Å². The maximum Gasteiger partial charge on any atom is 0.248 e. The lowest BCUT2D eigenvalue weighted by atomic mass is 10.1. The molecule has 30 heavy (non-hydrogen) atoms. The number of hydrogen-bond donors (Lipinski definition) is 1. The fourth-order valence-electron chi connectivity index (χ4n) is 2.92. The number of ether oxygens (including phenoxy) is 4. The smallest absolute Gasteiger partial charge is 0.248 e.